The van der Waals surface area contributed by atoms with Crippen molar-refractivity contribution in [2.45, 2.75) is 32.2 Å². The lowest BCUT2D eigenvalue weighted by Gasteiger charge is -2.08. The molecule has 174 valence electrons. The minimum atomic E-state index is -0.0466. The average Bonchev–Trinajstić information content (AvgIpc) is 3.24. The Morgan fingerprint density at radius 3 is 2.50 bits per heavy atom. The fourth-order valence-electron chi connectivity index (χ4n) is 4.01. The number of methoxy groups -OCH3 is 1. The zero-order chi connectivity index (χ0) is 23.6. The van der Waals surface area contributed by atoms with Crippen LogP contribution in [0.4, 0.5) is 0 Å². The number of rotatable bonds is 11. The molecule has 1 aromatic heterocycles. The topological polar surface area (TPSA) is 56.1 Å². The van der Waals surface area contributed by atoms with Crippen molar-refractivity contribution in [1.82, 2.24) is 14.9 Å². The van der Waals surface area contributed by atoms with E-state index in [9.17, 15) is 4.79 Å². The fourth-order valence-corrected chi connectivity index (χ4v) is 4.01. The molecular weight excluding hydrogens is 422 g/mol. The second kappa shape index (κ2) is 11.8. The Hall–Kier alpha value is -3.86. The van der Waals surface area contributed by atoms with Crippen LogP contribution in [0.2, 0.25) is 0 Å². The largest absolute Gasteiger partial charge is 0.497 e. The first-order valence-corrected chi connectivity index (χ1v) is 11.8. The number of hydrogen-bond donors (Lipinski definition) is 1. The molecule has 0 saturated heterocycles. The Bertz CT molecular complexity index is 1230. The van der Waals surface area contributed by atoms with Gasteiger partial charge in [0, 0.05) is 25.1 Å². The molecule has 0 aliphatic rings. The van der Waals surface area contributed by atoms with Gasteiger partial charge in [-0.1, -0.05) is 61.0 Å². The molecule has 34 heavy (non-hydrogen) atoms. The molecule has 0 unspecified atom stereocenters. The molecule has 0 aliphatic carbocycles. The minimum absolute atomic E-state index is 0.0466. The van der Waals surface area contributed by atoms with Crippen molar-refractivity contribution in [1.29, 1.82) is 0 Å². The van der Waals surface area contributed by atoms with Gasteiger partial charge in [0.15, 0.2) is 0 Å². The Balaban J connectivity index is 1.27. The van der Waals surface area contributed by atoms with Crippen LogP contribution in [-0.2, 0) is 13.0 Å². The predicted octanol–water partition coefficient (Wildman–Crippen LogP) is 5.90. The van der Waals surface area contributed by atoms with Crippen molar-refractivity contribution in [3.8, 4) is 5.75 Å². The number of unbranched alkanes of at least 4 members (excludes halogenated alkanes) is 2. The van der Waals surface area contributed by atoms with Gasteiger partial charge in [0.25, 0.3) is 5.91 Å². The molecule has 5 heteroatoms. The van der Waals surface area contributed by atoms with Gasteiger partial charge in [-0.2, -0.15) is 0 Å². The van der Waals surface area contributed by atoms with E-state index in [4.69, 9.17) is 9.72 Å². The number of benzene rings is 3. The third-order valence-corrected chi connectivity index (χ3v) is 5.85. The van der Waals surface area contributed by atoms with Crippen molar-refractivity contribution in [2.75, 3.05) is 13.7 Å². The summed E-state index contributed by atoms with van der Waals surface area (Å²) in [4.78, 5) is 17.2. The molecule has 1 amide bonds. The summed E-state index contributed by atoms with van der Waals surface area (Å²) in [5, 5.41) is 3.00. The van der Waals surface area contributed by atoms with Crippen LogP contribution in [-0.4, -0.2) is 29.1 Å². The number of aryl methyl sites for hydroxylation is 1. The van der Waals surface area contributed by atoms with Gasteiger partial charge < -0.3 is 14.6 Å². The predicted molar refractivity (Wildman–Crippen MR) is 138 cm³/mol. The van der Waals surface area contributed by atoms with Crippen molar-refractivity contribution >= 4 is 23.0 Å². The molecule has 1 heterocycles. The smallest absolute Gasteiger partial charge is 0.251 e. The number of amides is 1. The van der Waals surface area contributed by atoms with Crippen molar-refractivity contribution in [3.63, 3.8) is 0 Å². The molecule has 4 rings (SSSR count). The number of allylic oxidation sites excluding steroid dienone is 1. The molecule has 0 aliphatic heterocycles. The highest BCUT2D eigenvalue weighted by Crippen LogP contribution is 2.18. The van der Waals surface area contributed by atoms with Gasteiger partial charge in [-0.25, -0.2) is 4.98 Å². The Morgan fingerprint density at radius 2 is 1.71 bits per heavy atom. The third kappa shape index (κ3) is 6.13. The van der Waals surface area contributed by atoms with E-state index in [-0.39, 0.29) is 5.91 Å². The van der Waals surface area contributed by atoms with Gasteiger partial charge >= 0.3 is 0 Å². The number of carbonyl (C=O) groups is 1. The molecule has 1 N–H and O–H groups in total. The van der Waals surface area contributed by atoms with Gasteiger partial charge in [-0.15, -0.1) is 0 Å². The molecule has 0 spiro atoms. The zero-order valence-electron chi connectivity index (χ0n) is 19.6. The van der Waals surface area contributed by atoms with Gasteiger partial charge in [-0.05, 0) is 54.8 Å². The van der Waals surface area contributed by atoms with Crippen LogP contribution in [0, 0.1) is 0 Å². The van der Waals surface area contributed by atoms with E-state index in [1.165, 1.54) is 11.1 Å². The second-order valence-corrected chi connectivity index (χ2v) is 8.24. The van der Waals surface area contributed by atoms with Crippen LogP contribution in [0.15, 0.2) is 84.9 Å². The van der Waals surface area contributed by atoms with Crippen LogP contribution in [0.1, 0.15) is 41.0 Å². The van der Waals surface area contributed by atoms with E-state index >= 15 is 0 Å². The monoisotopic (exact) mass is 453 g/mol. The molecule has 0 radical (unpaired) electrons. The van der Waals surface area contributed by atoms with Gasteiger partial charge in [0.2, 0.25) is 0 Å². The first-order valence-electron chi connectivity index (χ1n) is 11.8. The highest BCUT2D eigenvalue weighted by Gasteiger charge is 2.09. The number of aromatic nitrogens is 2. The van der Waals surface area contributed by atoms with Crippen LogP contribution in [0.25, 0.3) is 17.1 Å². The SMILES string of the molecule is COc1ccc(C(=O)NCCCCCc2nc3ccccc3n2C/C=C/c2ccccc2)cc1. The number of para-hydroxylation sites is 2. The van der Waals surface area contributed by atoms with Gasteiger partial charge in [0.05, 0.1) is 18.1 Å². The molecule has 4 aromatic rings. The lowest BCUT2D eigenvalue weighted by Crippen LogP contribution is -2.24. The van der Waals surface area contributed by atoms with Crippen molar-refractivity contribution < 1.29 is 9.53 Å². The summed E-state index contributed by atoms with van der Waals surface area (Å²) in [5.74, 6) is 1.81. The van der Waals surface area contributed by atoms with E-state index in [2.05, 4.69) is 64.5 Å². The summed E-state index contributed by atoms with van der Waals surface area (Å²) in [6.07, 6.45) is 8.28. The van der Waals surface area contributed by atoms with E-state index in [1.807, 2.05) is 12.1 Å². The van der Waals surface area contributed by atoms with Crippen LogP contribution < -0.4 is 10.1 Å². The molecule has 0 fully saturated rings. The summed E-state index contributed by atoms with van der Waals surface area (Å²) < 4.78 is 7.44. The van der Waals surface area contributed by atoms with Gasteiger partial charge in [0.1, 0.15) is 11.6 Å². The summed E-state index contributed by atoms with van der Waals surface area (Å²) in [5.41, 5.74) is 4.06. The van der Waals surface area contributed by atoms with E-state index in [0.717, 1.165) is 49.3 Å². The average molecular weight is 454 g/mol. The Kier molecular flexibility index (Phi) is 8.12. The second-order valence-electron chi connectivity index (χ2n) is 8.24. The van der Waals surface area contributed by atoms with E-state index in [1.54, 1.807) is 31.4 Å². The first-order chi connectivity index (χ1) is 16.7. The molecule has 0 bridgehead atoms. The number of hydrogen-bond acceptors (Lipinski definition) is 3. The quantitative estimate of drug-likeness (QED) is 0.288. The summed E-state index contributed by atoms with van der Waals surface area (Å²) >= 11 is 0. The van der Waals surface area contributed by atoms with E-state index in [0.29, 0.717) is 12.1 Å². The number of imidazole rings is 1. The third-order valence-electron chi connectivity index (χ3n) is 5.85. The minimum Gasteiger partial charge on any atom is -0.497 e. The normalized spacial score (nSPS) is 11.2. The lowest BCUT2D eigenvalue weighted by molar-refractivity contribution is 0.0953. The number of fused-ring (bicyclic) bond motifs is 1. The number of carbonyl (C=O) groups excluding carboxylic acids is 1. The number of ether oxygens (including phenoxy) is 1. The fraction of sp³-hybridized carbons (Fsp3) is 0.241. The highest BCUT2D eigenvalue weighted by molar-refractivity contribution is 5.94. The molecular formula is C29H31N3O2. The molecule has 5 nitrogen and oxygen atoms in total. The zero-order valence-corrected chi connectivity index (χ0v) is 19.6. The van der Waals surface area contributed by atoms with Crippen molar-refractivity contribution in [2.24, 2.45) is 0 Å². The molecule has 0 saturated carbocycles. The maximum Gasteiger partial charge on any atom is 0.251 e. The van der Waals surface area contributed by atoms with E-state index < -0.39 is 0 Å². The van der Waals surface area contributed by atoms with Crippen LogP contribution in [0.3, 0.4) is 0 Å². The van der Waals surface area contributed by atoms with Crippen molar-refractivity contribution in [3.05, 3.63) is 102 Å². The van der Waals surface area contributed by atoms with Crippen LogP contribution >= 0.6 is 0 Å². The summed E-state index contributed by atoms with van der Waals surface area (Å²) in [6.45, 7) is 1.46. The van der Waals surface area contributed by atoms with Gasteiger partial charge in [-0.3, -0.25) is 4.79 Å². The number of nitrogens with zero attached hydrogens (tertiary/aromatic N) is 2. The van der Waals surface area contributed by atoms with Crippen LogP contribution in [0.5, 0.6) is 5.75 Å². The highest BCUT2D eigenvalue weighted by atomic mass is 16.5. The maximum absolute atomic E-state index is 12.3. The lowest BCUT2D eigenvalue weighted by atomic mass is 10.1. The standard InChI is InChI=1S/C29H31N3O2/c1-34-25-19-17-24(18-20-25)29(33)30-21-9-3-6-16-28-31-26-14-7-8-15-27(26)32(28)22-10-13-23-11-4-2-5-12-23/h2,4-5,7-8,10-15,17-20H,3,6,9,16,21-22H2,1H3,(H,30,33)/b13-10+. The maximum atomic E-state index is 12.3. The molecule has 3 aromatic carbocycles. The Labute approximate surface area is 201 Å². The Morgan fingerprint density at radius 1 is 0.941 bits per heavy atom. The molecule has 0 atom stereocenters. The first kappa shape index (κ1) is 23.3. The summed E-state index contributed by atoms with van der Waals surface area (Å²) in [6, 6.07) is 25.8. The number of nitrogens with one attached hydrogen (secondary N) is 1. The summed E-state index contributed by atoms with van der Waals surface area (Å²) in [7, 11) is 1.62.